The third-order valence-electron chi connectivity index (χ3n) is 6.08. The molecule has 5 heterocycles. The highest BCUT2D eigenvalue weighted by atomic mass is 32.1. The van der Waals surface area contributed by atoms with Gasteiger partial charge in [-0.05, 0) is 47.4 Å². The van der Waals surface area contributed by atoms with Gasteiger partial charge in [-0.3, -0.25) is 9.69 Å². The number of thiophene rings is 1. The summed E-state index contributed by atoms with van der Waals surface area (Å²) in [5.74, 6) is 1.17. The minimum Gasteiger partial charge on any atom is -0.459 e. The van der Waals surface area contributed by atoms with Crippen molar-refractivity contribution in [1.82, 2.24) is 10.2 Å². The van der Waals surface area contributed by atoms with E-state index in [0.717, 1.165) is 32.5 Å². The fraction of sp³-hybridized carbons (Fsp3) is 0.526. The van der Waals surface area contributed by atoms with E-state index in [4.69, 9.17) is 9.15 Å². The molecular weight excluding hydrogens is 336 g/mol. The maximum Gasteiger partial charge on any atom is 0.286 e. The summed E-state index contributed by atoms with van der Waals surface area (Å²) >= 11 is 1.75. The van der Waals surface area contributed by atoms with Gasteiger partial charge in [0.2, 0.25) is 0 Å². The van der Waals surface area contributed by atoms with Gasteiger partial charge < -0.3 is 14.5 Å². The lowest BCUT2D eigenvalue weighted by Gasteiger charge is -2.29. The molecular formula is C19H22N2O3S. The summed E-state index contributed by atoms with van der Waals surface area (Å²) in [6, 6.07) is 5.64. The predicted octanol–water partition coefficient (Wildman–Crippen LogP) is 2.75. The summed E-state index contributed by atoms with van der Waals surface area (Å²) in [4.78, 5) is 14.7. The lowest BCUT2D eigenvalue weighted by molar-refractivity contribution is 0.00212. The van der Waals surface area contributed by atoms with Crippen molar-refractivity contribution in [2.24, 2.45) is 11.8 Å². The molecule has 0 saturated carbocycles. The van der Waals surface area contributed by atoms with Crippen molar-refractivity contribution in [3.63, 3.8) is 0 Å². The maximum absolute atomic E-state index is 12.2. The molecule has 3 saturated heterocycles. The molecule has 0 radical (unpaired) electrons. The van der Waals surface area contributed by atoms with E-state index in [2.05, 4.69) is 27.0 Å². The summed E-state index contributed by atoms with van der Waals surface area (Å²) in [6.45, 7) is 3.75. The van der Waals surface area contributed by atoms with Crippen LogP contribution in [0.1, 0.15) is 29.0 Å². The van der Waals surface area contributed by atoms with Gasteiger partial charge in [0.1, 0.15) is 0 Å². The first-order valence-corrected chi connectivity index (χ1v) is 9.91. The molecule has 5 rings (SSSR count). The van der Waals surface area contributed by atoms with Crippen molar-refractivity contribution in [2.75, 3.05) is 19.6 Å². The van der Waals surface area contributed by atoms with Gasteiger partial charge in [0.25, 0.3) is 5.91 Å². The van der Waals surface area contributed by atoms with Crippen molar-refractivity contribution >= 4 is 17.2 Å². The number of likely N-dealkylation sites (tertiary alicyclic amines) is 1. The molecule has 3 aliphatic rings. The molecule has 4 atom stereocenters. The van der Waals surface area contributed by atoms with Gasteiger partial charge in [0.05, 0.1) is 18.0 Å². The zero-order valence-electron chi connectivity index (χ0n) is 14.0. The third-order valence-corrected chi connectivity index (χ3v) is 6.82. The molecule has 2 aromatic heterocycles. The van der Waals surface area contributed by atoms with Crippen LogP contribution in [-0.4, -0.2) is 42.1 Å². The first kappa shape index (κ1) is 15.6. The molecule has 0 unspecified atom stereocenters. The normalized spacial score (nSPS) is 33.7. The van der Waals surface area contributed by atoms with E-state index in [1.807, 2.05) is 0 Å². The van der Waals surface area contributed by atoms with Gasteiger partial charge in [-0.2, -0.15) is 11.3 Å². The molecule has 6 heteroatoms. The van der Waals surface area contributed by atoms with Crippen molar-refractivity contribution in [3.05, 3.63) is 46.5 Å². The number of hydrogen-bond acceptors (Lipinski definition) is 5. The topological polar surface area (TPSA) is 54.7 Å². The predicted molar refractivity (Wildman–Crippen MR) is 94.5 cm³/mol. The van der Waals surface area contributed by atoms with E-state index in [-0.39, 0.29) is 11.5 Å². The zero-order valence-corrected chi connectivity index (χ0v) is 14.8. The highest BCUT2D eigenvalue weighted by Gasteiger charge is 2.62. The van der Waals surface area contributed by atoms with E-state index in [0.29, 0.717) is 30.2 Å². The number of furan rings is 1. The Morgan fingerprint density at radius 2 is 2.40 bits per heavy atom. The molecule has 3 fully saturated rings. The van der Waals surface area contributed by atoms with Crippen LogP contribution < -0.4 is 5.32 Å². The number of fused-ring (bicyclic) bond motifs is 1. The van der Waals surface area contributed by atoms with Gasteiger partial charge in [-0.25, -0.2) is 0 Å². The Kier molecular flexibility index (Phi) is 3.73. The van der Waals surface area contributed by atoms with Gasteiger partial charge in [0, 0.05) is 38.0 Å². The second-order valence-electron chi connectivity index (χ2n) is 7.52. The molecule has 3 aliphatic heterocycles. The number of nitrogens with one attached hydrogen (secondary N) is 1. The number of ether oxygens (including phenoxy) is 1. The molecule has 132 valence electrons. The van der Waals surface area contributed by atoms with Crippen LogP contribution >= 0.6 is 11.3 Å². The quantitative estimate of drug-likeness (QED) is 0.893. The molecule has 2 aromatic rings. The number of carbonyl (C=O) groups is 1. The Bertz CT molecular complexity index is 745. The average molecular weight is 358 g/mol. The molecule has 2 bridgehead atoms. The second kappa shape index (κ2) is 5.97. The number of hydrogen-bond donors (Lipinski definition) is 1. The second-order valence-corrected chi connectivity index (χ2v) is 8.30. The van der Waals surface area contributed by atoms with Crippen molar-refractivity contribution in [2.45, 2.75) is 31.1 Å². The Morgan fingerprint density at radius 3 is 3.20 bits per heavy atom. The number of amides is 1. The van der Waals surface area contributed by atoms with E-state index < -0.39 is 0 Å². The first-order chi connectivity index (χ1) is 12.2. The molecule has 1 spiro atoms. The summed E-state index contributed by atoms with van der Waals surface area (Å²) in [5.41, 5.74) is 1.40. The number of carbonyl (C=O) groups excluding carboxylic acids is 1. The summed E-state index contributed by atoms with van der Waals surface area (Å²) in [6.07, 6.45) is 4.10. The minimum atomic E-state index is -0.130. The Balaban J connectivity index is 1.26. The van der Waals surface area contributed by atoms with Gasteiger partial charge in [-0.15, -0.1) is 0 Å². The number of nitrogens with zero attached hydrogens (tertiary/aromatic N) is 1. The van der Waals surface area contributed by atoms with Crippen LogP contribution in [-0.2, 0) is 11.3 Å². The summed E-state index contributed by atoms with van der Waals surface area (Å²) in [5, 5.41) is 7.42. The summed E-state index contributed by atoms with van der Waals surface area (Å²) < 4.78 is 11.6. The Hall–Kier alpha value is -1.63. The highest BCUT2D eigenvalue weighted by molar-refractivity contribution is 7.07. The Labute approximate surface area is 151 Å². The Morgan fingerprint density at radius 1 is 1.44 bits per heavy atom. The molecule has 25 heavy (non-hydrogen) atoms. The van der Waals surface area contributed by atoms with E-state index in [1.54, 1.807) is 23.5 Å². The molecule has 5 nitrogen and oxygen atoms in total. The van der Waals surface area contributed by atoms with Gasteiger partial charge in [0.15, 0.2) is 5.76 Å². The lowest BCUT2D eigenvalue weighted by atomic mass is 9.73. The minimum absolute atomic E-state index is 0.0146. The van der Waals surface area contributed by atoms with Crippen LogP contribution in [0.3, 0.4) is 0 Å². The van der Waals surface area contributed by atoms with Crippen LogP contribution in [0.5, 0.6) is 0 Å². The van der Waals surface area contributed by atoms with Crippen LogP contribution in [0.15, 0.2) is 39.6 Å². The standard InChI is InChI=1S/C19H22N2O3S/c22-18(17-2-1-6-23-17)20-8-14-15-10-21(9-13-4-7-25-11-13)12-19(15)5-3-16(14)24-19/h1-2,4,6-7,11,14-16H,3,5,8-10,12H2,(H,20,22)/t14-,15+,16+,19+/m0/s1. The van der Waals surface area contributed by atoms with Crippen molar-refractivity contribution < 1.29 is 13.9 Å². The average Bonchev–Trinajstić information content (AvgIpc) is 3.38. The highest BCUT2D eigenvalue weighted by Crippen LogP contribution is 2.54. The van der Waals surface area contributed by atoms with E-state index in [9.17, 15) is 4.79 Å². The molecule has 0 aromatic carbocycles. The molecule has 1 amide bonds. The van der Waals surface area contributed by atoms with Crippen molar-refractivity contribution in [3.8, 4) is 0 Å². The molecule has 1 N–H and O–H groups in total. The fourth-order valence-electron chi connectivity index (χ4n) is 5.03. The van der Waals surface area contributed by atoms with Gasteiger partial charge >= 0.3 is 0 Å². The first-order valence-electron chi connectivity index (χ1n) is 8.96. The van der Waals surface area contributed by atoms with Crippen LogP contribution in [0, 0.1) is 11.8 Å². The van der Waals surface area contributed by atoms with E-state index in [1.165, 1.54) is 11.8 Å². The lowest BCUT2D eigenvalue weighted by Crippen LogP contribution is -2.41. The molecule has 0 aliphatic carbocycles. The van der Waals surface area contributed by atoms with E-state index >= 15 is 0 Å². The SMILES string of the molecule is O=C(NC[C@H]1[C@H]2CN(Cc3ccsc3)C[C@]23CC[C@H]1O3)c1ccco1. The smallest absolute Gasteiger partial charge is 0.286 e. The maximum atomic E-state index is 12.2. The third kappa shape index (κ3) is 2.63. The largest absolute Gasteiger partial charge is 0.459 e. The monoisotopic (exact) mass is 358 g/mol. The van der Waals surface area contributed by atoms with Crippen LogP contribution in [0.4, 0.5) is 0 Å². The zero-order chi connectivity index (χ0) is 16.9. The van der Waals surface area contributed by atoms with Gasteiger partial charge in [-0.1, -0.05) is 0 Å². The fourth-order valence-corrected chi connectivity index (χ4v) is 5.69. The van der Waals surface area contributed by atoms with Crippen LogP contribution in [0.25, 0.3) is 0 Å². The van der Waals surface area contributed by atoms with Crippen molar-refractivity contribution in [1.29, 1.82) is 0 Å². The number of rotatable bonds is 5. The summed E-state index contributed by atoms with van der Waals surface area (Å²) in [7, 11) is 0. The van der Waals surface area contributed by atoms with Crippen LogP contribution in [0.2, 0.25) is 0 Å².